The Hall–Kier alpha value is -1.94. The molecule has 2 heterocycles. The summed E-state index contributed by atoms with van der Waals surface area (Å²) in [6.07, 6.45) is 4.16. The van der Waals surface area contributed by atoms with Crippen LogP contribution in [0, 0.1) is 5.92 Å². The Morgan fingerprint density at radius 3 is 2.75 bits per heavy atom. The number of para-hydroxylation sites is 1. The first-order chi connectivity index (χ1) is 9.67. The third-order valence-electron chi connectivity index (χ3n) is 4.51. The van der Waals surface area contributed by atoms with E-state index in [0.717, 1.165) is 10.9 Å². The number of carbonyl (C=O) groups excluding carboxylic acids is 1. The van der Waals surface area contributed by atoms with Crippen LogP contribution in [0.25, 0.3) is 10.9 Å². The molecule has 0 radical (unpaired) electrons. The largest absolute Gasteiger partial charge is 0.335 e. The summed E-state index contributed by atoms with van der Waals surface area (Å²) in [5.74, 6) is 0.674. The molecule has 1 aliphatic carbocycles. The molecule has 1 amide bonds. The summed E-state index contributed by atoms with van der Waals surface area (Å²) < 4.78 is 0. The van der Waals surface area contributed by atoms with Gasteiger partial charge in [-0.2, -0.15) is 0 Å². The highest BCUT2D eigenvalue weighted by molar-refractivity contribution is 6.05. The molecule has 1 aliphatic heterocycles. The third kappa shape index (κ3) is 1.72. The lowest BCUT2D eigenvalue weighted by atomic mass is 9.85. The number of carbonyl (C=O) groups is 1. The van der Waals surface area contributed by atoms with E-state index in [4.69, 9.17) is 5.73 Å². The maximum Gasteiger partial charge on any atom is 0.256 e. The maximum absolute atomic E-state index is 12.6. The monoisotopic (exact) mass is 267 g/mol. The Morgan fingerprint density at radius 2 is 2.00 bits per heavy atom. The zero-order valence-electron chi connectivity index (χ0n) is 11.2. The lowest BCUT2D eigenvalue weighted by Crippen LogP contribution is -2.69. The minimum atomic E-state index is -0.131. The van der Waals surface area contributed by atoms with Gasteiger partial charge in [-0.1, -0.05) is 18.2 Å². The summed E-state index contributed by atoms with van der Waals surface area (Å²) in [7, 11) is 0. The molecule has 0 spiro atoms. The fourth-order valence-electron chi connectivity index (χ4n) is 3.17. The summed E-state index contributed by atoms with van der Waals surface area (Å²) in [6, 6.07) is 9.61. The fraction of sp³-hybridized carbons (Fsp3) is 0.375. The van der Waals surface area contributed by atoms with E-state index in [2.05, 4.69) is 4.98 Å². The number of benzene rings is 1. The van der Waals surface area contributed by atoms with E-state index in [0.29, 0.717) is 24.6 Å². The number of likely N-dealkylation sites (tertiary alicyclic amines) is 1. The Balaban J connectivity index is 1.62. The van der Waals surface area contributed by atoms with Crippen LogP contribution in [0.4, 0.5) is 0 Å². The topological polar surface area (TPSA) is 59.2 Å². The van der Waals surface area contributed by atoms with Crippen molar-refractivity contribution in [3.05, 3.63) is 42.1 Å². The number of pyridine rings is 1. The van der Waals surface area contributed by atoms with Crippen molar-refractivity contribution in [2.75, 3.05) is 13.1 Å². The Labute approximate surface area is 117 Å². The molecule has 102 valence electrons. The van der Waals surface area contributed by atoms with E-state index in [1.54, 1.807) is 6.20 Å². The first-order valence-corrected chi connectivity index (χ1v) is 7.09. The van der Waals surface area contributed by atoms with Crippen molar-refractivity contribution in [2.45, 2.75) is 18.4 Å². The number of nitrogens with zero attached hydrogens (tertiary/aromatic N) is 2. The highest BCUT2D eigenvalue weighted by Crippen LogP contribution is 2.43. The van der Waals surface area contributed by atoms with Crippen LogP contribution in [-0.4, -0.2) is 34.4 Å². The first kappa shape index (κ1) is 11.9. The number of fused-ring (bicyclic) bond motifs is 1. The molecule has 1 aromatic carbocycles. The average molecular weight is 267 g/mol. The first-order valence-electron chi connectivity index (χ1n) is 7.09. The smallest absolute Gasteiger partial charge is 0.256 e. The standard InChI is InChI=1S/C16H17N3O/c17-16(12-6-7-12)9-19(10-16)15(20)13-5-1-3-11-4-2-8-18-14(11)13/h1-5,8,12H,6-7,9-10,17H2. The quantitative estimate of drug-likeness (QED) is 0.902. The van der Waals surface area contributed by atoms with Gasteiger partial charge in [-0.15, -0.1) is 0 Å². The second kappa shape index (κ2) is 4.03. The van der Waals surface area contributed by atoms with E-state index in [9.17, 15) is 4.79 Å². The third-order valence-corrected chi connectivity index (χ3v) is 4.51. The lowest BCUT2D eigenvalue weighted by Gasteiger charge is -2.48. The zero-order valence-corrected chi connectivity index (χ0v) is 11.2. The van der Waals surface area contributed by atoms with Gasteiger partial charge < -0.3 is 10.6 Å². The van der Waals surface area contributed by atoms with Gasteiger partial charge >= 0.3 is 0 Å². The van der Waals surface area contributed by atoms with Crippen molar-refractivity contribution in [2.24, 2.45) is 11.7 Å². The average Bonchev–Trinajstić information content (AvgIpc) is 3.27. The van der Waals surface area contributed by atoms with Gasteiger partial charge in [0.25, 0.3) is 5.91 Å². The second-order valence-corrected chi connectivity index (χ2v) is 6.05. The summed E-state index contributed by atoms with van der Waals surface area (Å²) >= 11 is 0. The van der Waals surface area contributed by atoms with E-state index in [1.807, 2.05) is 35.2 Å². The molecule has 4 nitrogen and oxygen atoms in total. The highest BCUT2D eigenvalue weighted by Gasteiger charge is 2.51. The van der Waals surface area contributed by atoms with Crippen LogP contribution in [0.3, 0.4) is 0 Å². The van der Waals surface area contributed by atoms with Crippen LogP contribution >= 0.6 is 0 Å². The number of hydrogen-bond donors (Lipinski definition) is 1. The van der Waals surface area contributed by atoms with Crippen LogP contribution < -0.4 is 5.73 Å². The number of nitrogens with two attached hydrogens (primary N) is 1. The molecule has 2 aliphatic rings. The van der Waals surface area contributed by atoms with Gasteiger partial charge in [-0.25, -0.2) is 0 Å². The van der Waals surface area contributed by atoms with Crippen molar-refractivity contribution >= 4 is 16.8 Å². The Bertz CT molecular complexity index is 682. The Morgan fingerprint density at radius 1 is 1.25 bits per heavy atom. The molecule has 2 aromatic rings. The second-order valence-electron chi connectivity index (χ2n) is 6.05. The van der Waals surface area contributed by atoms with E-state index in [-0.39, 0.29) is 11.4 Å². The van der Waals surface area contributed by atoms with Gasteiger partial charge in [-0.3, -0.25) is 9.78 Å². The maximum atomic E-state index is 12.6. The van der Waals surface area contributed by atoms with E-state index < -0.39 is 0 Å². The van der Waals surface area contributed by atoms with Gasteiger partial charge in [0.05, 0.1) is 16.6 Å². The summed E-state index contributed by atoms with van der Waals surface area (Å²) in [4.78, 5) is 18.8. The van der Waals surface area contributed by atoms with Gasteiger partial charge in [0.2, 0.25) is 0 Å². The highest BCUT2D eigenvalue weighted by atomic mass is 16.2. The predicted molar refractivity (Wildman–Crippen MR) is 77.3 cm³/mol. The molecule has 1 saturated heterocycles. The summed E-state index contributed by atoms with van der Waals surface area (Å²) in [5, 5.41) is 1.00. The molecule has 0 atom stereocenters. The molecule has 1 aromatic heterocycles. The minimum absolute atomic E-state index is 0.0519. The van der Waals surface area contributed by atoms with Crippen molar-refractivity contribution in [1.82, 2.24) is 9.88 Å². The molecule has 0 unspecified atom stereocenters. The molecule has 2 N–H and O–H groups in total. The lowest BCUT2D eigenvalue weighted by molar-refractivity contribution is 0.0352. The number of hydrogen-bond acceptors (Lipinski definition) is 3. The molecule has 4 rings (SSSR count). The van der Waals surface area contributed by atoms with E-state index in [1.165, 1.54) is 12.8 Å². The molecule has 2 fully saturated rings. The predicted octanol–water partition coefficient (Wildman–Crippen LogP) is 1.80. The summed E-state index contributed by atoms with van der Waals surface area (Å²) in [6.45, 7) is 1.36. The molecule has 0 bridgehead atoms. The summed E-state index contributed by atoms with van der Waals surface area (Å²) in [5.41, 5.74) is 7.65. The molecule has 1 saturated carbocycles. The Kier molecular flexibility index (Phi) is 2.39. The fourth-order valence-corrected chi connectivity index (χ4v) is 3.17. The molecule has 4 heteroatoms. The molecular weight excluding hydrogens is 250 g/mol. The normalized spacial score (nSPS) is 20.8. The molecular formula is C16H17N3O. The SMILES string of the molecule is NC1(C2CC2)CN(C(=O)c2cccc3cccnc23)C1. The van der Waals surface area contributed by atoms with Gasteiger partial charge in [0.15, 0.2) is 0 Å². The van der Waals surface area contributed by atoms with Crippen LogP contribution in [0.5, 0.6) is 0 Å². The van der Waals surface area contributed by atoms with Gasteiger partial charge in [0.1, 0.15) is 0 Å². The van der Waals surface area contributed by atoms with Crippen molar-refractivity contribution in [1.29, 1.82) is 0 Å². The van der Waals surface area contributed by atoms with Crippen molar-refractivity contribution < 1.29 is 4.79 Å². The van der Waals surface area contributed by atoms with Crippen LogP contribution in [0.1, 0.15) is 23.2 Å². The van der Waals surface area contributed by atoms with Crippen LogP contribution in [0.15, 0.2) is 36.5 Å². The number of rotatable bonds is 2. The van der Waals surface area contributed by atoms with Gasteiger partial charge in [0, 0.05) is 24.7 Å². The van der Waals surface area contributed by atoms with Crippen molar-refractivity contribution in [3.8, 4) is 0 Å². The van der Waals surface area contributed by atoms with Crippen LogP contribution in [-0.2, 0) is 0 Å². The number of aromatic nitrogens is 1. The zero-order chi connectivity index (χ0) is 13.7. The minimum Gasteiger partial charge on any atom is -0.335 e. The van der Waals surface area contributed by atoms with Crippen LogP contribution in [0.2, 0.25) is 0 Å². The van der Waals surface area contributed by atoms with Gasteiger partial charge in [-0.05, 0) is 30.9 Å². The van der Waals surface area contributed by atoms with E-state index >= 15 is 0 Å². The number of amides is 1. The van der Waals surface area contributed by atoms with Crippen molar-refractivity contribution in [3.63, 3.8) is 0 Å². The molecule has 20 heavy (non-hydrogen) atoms.